The van der Waals surface area contributed by atoms with Gasteiger partial charge in [0.2, 0.25) is 5.91 Å². The van der Waals surface area contributed by atoms with Crippen LogP contribution in [0.25, 0.3) is 10.9 Å². The number of fused-ring (bicyclic) bond motifs is 1. The Kier molecular flexibility index (Phi) is 4.71. The van der Waals surface area contributed by atoms with E-state index in [1.165, 1.54) is 36.5 Å². The molecule has 1 N–H and O–H groups in total. The summed E-state index contributed by atoms with van der Waals surface area (Å²) in [6.45, 7) is 0. The monoisotopic (exact) mass is 356 g/mol. The number of nitrogens with zero attached hydrogens (tertiary/aromatic N) is 3. The van der Waals surface area contributed by atoms with Gasteiger partial charge in [0.25, 0.3) is 5.56 Å². The Morgan fingerprint density at radius 1 is 1.16 bits per heavy atom. The molecule has 25 heavy (non-hydrogen) atoms. The van der Waals surface area contributed by atoms with Gasteiger partial charge >= 0.3 is 5.69 Å². The third-order valence-electron chi connectivity index (χ3n) is 3.75. The number of anilines is 1. The fourth-order valence-electron chi connectivity index (χ4n) is 2.37. The molecule has 1 amide bonds. The molecule has 3 rings (SSSR count). The van der Waals surface area contributed by atoms with Crippen molar-refractivity contribution in [2.75, 3.05) is 11.1 Å². The molecule has 0 fully saturated rings. The highest BCUT2D eigenvalue weighted by Gasteiger charge is 2.11. The van der Waals surface area contributed by atoms with Gasteiger partial charge in [0.05, 0.1) is 11.3 Å². The summed E-state index contributed by atoms with van der Waals surface area (Å²) in [5, 5.41) is 3.61. The number of rotatable bonds is 4. The number of aromatic nitrogens is 3. The van der Waals surface area contributed by atoms with Crippen molar-refractivity contribution in [2.24, 2.45) is 14.1 Å². The first-order valence-corrected chi connectivity index (χ1v) is 8.49. The summed E-state index contributed by atoms with van der Waals surface area (Å²) in [6, 6.07) is 10.8. The van der Waals surface area contributed by atoms with Crippen LogP contribution in [0.3, 0.4) is 0 Å². The van der Waals surface area contributed by atoms with Gasteiger partial charge in [-0.1, -0.05) is 18.2 Å². The number of hydrogen-bond acceptors (Lipinski definition) is 5. The van der Waals surface area contributed by atoms with E-state index in [4.69, 9.17) is 0 Å². The lowest BCUT2D eigenvalue weighted by Gasteiger charge is -2.11. The van der Waals surface area contributed by atoms with Gasteiger partial charge in [-0.25, -0.2) is 4.79 Å². The molecular formula is C17H16N4O3S. The second-order valence-electron chi connectivity index (χ2n) is 5.44. The van der Waals surface area contributed by atoms with Gasteiger partial charge in [-0.2, -0.15) is 0 Å². The Bertz CT molecular complexity index is 1070. The first-order chi connectivity index (χ1) is 12.0. The van der Waals surface area contributed by atoms with Crippen molar-refractivity contribution >= 4 is 34.4 Å². The smallest absolute Gasteiger partial charge is 0.311 e. The molecule has 0 aliphatic heterocycles. The van der Waals surface area contributed by atoms with E-state index in [-0.39, 0.29) is 17.5 Å². The van der Waals surface area contributed by atoms with Crippen molar-refractivity contribution < 1.29 is 4.79 Å². The highest BCUT2D eigenvalue weighted by atomic mass is 32.2. The van der Waals surface area contributed by atoms with E-state index < -0.39 is 11.2 Å². The molecule has 0 radical (unpaired) electrons. The Morgan fingerprint density at radius 2 is 1.92 bits per heavy atom. The van der Waals surface area contributed by atoms with Crippen LogP contribution in [0.5, 0.6) is 0 Å². The molecule has 8 heteroatoms. The van der Waals surface area contributed by atoms with E-state index >= 15 is 0 Å². The van der Waals surface area contributed by atoms with Crippen molar-refractivity contribution in [2.45, 2.75) is 4.90 Å². The third-order valence-corrected chi connectivity index (χ3v) is 4.79. The van der Waals surface area contributed by atoms with E-state index in [9.17, 15) is 14.4 Å². The number of para-hydroxylation sites is 1. The van der Waals surface area contributed by atoms with Crippen LogP contribution in [0.1, 0.15) is 0 Å². The van der Waals surface area contributed by atoms with Crippen molar-refractivity contribution in [1.29, 1.82) is 0 Å². The predicted molar refractivity (Wildman–Crippen MR) is 98.0 cm³/mol. The zero-order valence-corrected chi connectivity index (χ0v) is 14.5. The molecule has 2 aromatic heterocycles. The Balaban J connectivity index is 1.76. The number of pyridine rings is 1. The summed E-state index contributed by atoms with van der Waals surface area (Å²) >= 11 is 1.35. The molecule has 0 atom stereocenters. The standard InChI is InChI=1S/C17H16N4O3S/c1-20-13(9-15(23)21(2)17(20)24)19-14(22)10-25-12-7-3-5-11-6-4-8-18-16(11)12/h3-9H,10H2,1-2H3,(H,19,22). The molecule has 0 aliphatic carbocycles. The number of thioether (sulfide) groups is 1. The molecular weight excluding hydrogens is 340 g/mol. The molecule has 0 spiro atoms. The fourth-order valence-corrected chi connectivity index (χ4v) is 3.21. The van der Waals surface area contributed by atoms with Gasteiger partial charge in [-0.3, -0.25) is 23.7 Å². The summed E-state index contributed by atoms with van der Waals surface area (Å²) in [5.74, 6) is 0.00922. The average molecular weight is 356 g/mol. The number of amides is 1. The van der Waals surface area contributed by atoms with Gasteiger partial charge in [0.15, 0.2) is 0 Å². The predicted octanol–water partition coefficient (Wildman–Crippen LogP) is 1.36. The first-order valence-electron chi connectivity index (χ1n) is 7.51. The topological polar surface area (TPSA) is 86.0 Å². The Labute approximate surface area is 147 Å². The fraction of sp³-hybridized carbons (Fsp3) is 0.176. The molecule has 1 aromatic carbocycles. The van der Waals surface area contributed by atoms with Crippen molar-refractivity contribution in [3.05, 3.63) is 63.4 Å². The minimum Gasteiger partial charge on any atom is -0.311 e. The summed E-state index contributed by atoms with van der Waals surface area (Å²) in [7, 11) is 2.89. The maximum absolute atomic E-state index is 12.2. The van der Waals surface area contributed by atoms with Gasteiger partial charge in [-0.15, -0.1) is 11.8 Å². The largest absolute Gasteiger partial charge is 0.332 e. The van der Waals surface area contributed by atoms with Crippen LogP contribution >= 0.6 is 11.8 Å². The molecule has 3 aromatic rings. The van der Waals surface area contributed by atoms with Crippen molar-refractivity contribution in [1.82, 2.24) is 14.1 Å². The summed E-state index contributed by atoms with van der Waals surface area (Å²) in [6.07, 6.45) is 1.71. The van der Waals surface area contributed by atoms with Crippen molar-refractivity contribution in [3.63, 3.8) is 0 Å². The molecule has 2 heterocycles. The number of carbonyl (C=O) groups excluding carboxylic acids is 1. The van der Waals surface area contributed by atoms with Gasteiger partial charge in [0.1, 0.15) is 5.82 Å². The quantitative estimate of drug-likeness (QED) is 0.714. The molecule has 0 saturated heterocycles. The van der Waals surface area contributed by atoms with Crippen LogP contribution in [-0.4, -0.2) is 25.8 Å². The summed E-state index contributed by atoms with van der Waals surface area (Å²) in [4.78, 5) is 41.0. The van der Waals surface area contributed by atoms with Gasteiger partial charge in [0, 0.05) is 36.6 Å². The molecule has 7 nitrogen and oxygen atoms in total. The van der Waals surface area contributed by atoms with Crippen LogP contribution in [0.2, 0.25) is 0 Å². The van der Waals surface area contributed by atoms with Gasteiger partial charge in [-0.05, 0) is 12.1 Å². The van der Waals surface area contributed by atoms with E-state index in [1.54, 1.807) is 6.20 Å². The normalized spacial score (nSPS) is 10.8. The van der Waals surface area contributed by atoms with E-state index in [0.29, 0.717) is 0 Å². The second kappa shape index (κ2) is 6.94. The number of benzene rings is 1. The van der Waals surface area contributed by atoms with Crippen LogP contribution in [0, 0.1) is 0 Å². The zero-order chi connectivity index (χ0) is 18.0. The number of carbonyl (C=O) groups is 1. The minimum atomic E-state index is -0.492. The molecule has 0 saturated carbocycles. The third kappa shape index (κ3) is 3.48. The molecule has 128 valence electrons. The number of nitrogens with one attached hydrogen (secondary N) is 1. The van der Waals surface area contributed by atoms with E-state index in [1.807, 2.05) is 30.3 Å². The maximum atomic E-state index is 12.2. The Hall–Kier alpha value is -2.87. The Morgan fingerprint density at radius 3 is 2.72 bits per heavy atom. The number of hydrogen-bond donors (Lipinski definition) is 1. The van der Waals surface area contributed by atoms with Crippen LogP contribution < -0.4 is 16.6 Å². The van der Waals surface area contributed by atoms with Gasteiger partial charge < -0.3 is 5.32 Å². The lowest BCUT2D eigenvalue weighted by atomic mass is 10.2. The lowest BCUT2D eigenvalue weighted by Crippen LogP contribution is -2.38. The molecule has 0 bridgehead atoms. The lowest BCUT2D eigenvalue weighted by molar-refractivity contribution is -0.113. The van der Waals surface area contributed by atoms with Crippen LogP contribution in [0.15, 0.2) is 57.1 Å². The SMILES string of the molecule is Cn1c(NC(=O)CSc2cccc3cccnc23)cc(=O)n(C)c1=O. The summed E-state index contributed by atoms with van der Waals surface area (Å²) in [5.41, 5.74) is -0.123. The highest BCUT2D eigenvalue weighted by Crippen LogP contribution is 2.26. The first kappa shape index (κ1) is 17.0. The van der Waals surface area contributed by atoms with Crippen molar-refractivity contribution in [3.8, 4) is 0 Å². The average Bonchev–Trinajstić information content (AvgIpc) is 2.62. The van der Waals surface area contributed by atoms with E-state index in [0.717, 1.165) is 20.4 Å². The van der Waals surface area contributed by atoms with E-state index in [2.05, 4.69) is 10.3 Å². The zero-order valence-electron chi connectivity index (χ0n) is 13.7. The maximum Gasteiger partial charge on any atom is 0.332 e. The van der Waals surface area contributed by atoms with Crippen LogP contribution in [-0.2, 0) is 18.9 Å². The summed E-state index contributed by atoms with van der Waals surface area (Å²) < 4.78 is 2.20. The highest BCUT2D eigenvalue weighted by molar-refractivity contribution is 8.00. The molecule has 0 aliphatic rings. The molecule has 0 unspecified atom stereocenters. The second-order valence-corrected chi connectivity index (χ2v) is 6.45. The van der Waals surface area contributed by atoms with Crippen LogP contribution in [0.4, 0.5) is 5.82 Å². The minimum absolute atomic E-state index is 0.138.